The van der Waals surface area contributed by atoms with Crippen LogP contribution < -0.4 is 5.32 Å². The number of carbonyl (C=O) groups is 3. The average Bonchev–Trinajstić information content (AvgIpc) is 3.32. The van der Waals surface area contributed by atoms with Gasteiger partial charge in [-0.05, 0) is 65.5 Å². The molecular formula is C32H31F2N5O4. The van der Waals surface area contributed by atoms with Gasteiger partial charge in [0.2, 0.25) is 5.91 Å². The predicted octanol–water partition coefficient (Wildman–Crippen LogP) is 4.72. The molecule has 222 valence electrons. The van der Waals surface area contributed by atoms with Crippen LogP contribution >= 0.6 is 0 Å². The number of carboxylic acids is 1. The minimum absolute atomic E-state index is 0.0466. The first-order chi connectivity index (χ1) is 20.4. The molecule has 3 heterocycles. The lowest BCUT2D eigenvalue weighted by Gasteiger charge is -2.31. The number of aryl methyl sites for hydroxylation is 2. The smallest absolute Gasteiger partial charge is 0.305 e. The van der Waals surface area contributed by atoms with Crippen LogP contribution in [0.2, 0.25) is 0 Å². The van der Waals surface area contributed by atoms with Crippen molar-refractivity contribution in [3.8, 4) is 11.1 Å². The predicted molar refractivity (Wildman–Crippen MR) is 153 cm³/mol. The highest BCUT2D eigenvalue weighted by molar-refractivity contribution is 5.98. The molecule has 2 aromatic carbocycles. The van der Waals surface area contributed by atoms with Gasteiger partial charge in [-0.2, -0.15) is 0 Å². The lowest BCUT2D eigenvalue weighted by molar-refractivity contribution is -0.138. The number of aromatic nitrogens is 3. The number of benzene rings is 2. The van der Waals surface area contributed by atoms with Crippen molar-refractivity contribution >= 4 is 23.4 Å². The first kappa shape index (κ1) is 28.4. The molecule has 2 aromatic heterocycles. The number of carboxylic acid groups (broad SMARTS) is 1. The number of hydrogen-bond acceptors (Lipinski definition) is 5. The van der Waals surface area contributed by atoms with Crippen LogP contribution in [0.25, 0.3) is 16.8 Å². The topological polar surface area (TPSA) is 117 Å². The van der Waals surface area contributed by atoms with Crippen LogP contribution in [0, 0.1) is 42.7 Å². The van der Waals surface area contributed by atoms with Crippen molar-refractivity contribution in [3.05, 3.63) is 89.1 Å². The number of carbonyl (C=O) groups excluding carboxylic acids is 2. The standard InChI is InChI=1S/C32H31F2N5O4/c1-16-6-5-7-17(2)26(16)18-10-19(28(34)21(33)11-18)22(12-25(40)41)37-30(42)29-27-20(32(27,3)4)14-39(29)31(43)23-15-38-9-8-35-13-24(38)36-23/h5-11,13,15,20,22,27,29H,12,14H2,1-4H3,(H,37,42)(H,40,41)/t20?,22-,27-,29-/m0/s1. The van der Waals surface area contributed by atoms with Crippen molar-refractivity contribution in [2.75, 3.05) is 6.54 Å². The molecule has 43 heavy (non-hydrogen) atoms. The molecule has 1 aliphatic heterocycles. The Labute approximate surface area is 246 Å². The molecule has 0 radical (unpaired) electrons. The van der Waals surface area contributed by atoms with Gasteiger partial charge in [0.1, 0.15) is 11.7 Å². The van der Waals surface area contributed by atoms with E-state index in [9.17, 15) is 19.5 Å². The summed E-state index contributed by atoms with van der Waals surface area (Å²) in [5.74, 6) is -4.90. The van der Waals surface area contributed by atoms with Gasteiger partial charge in [0.05, 0.1) is 18.7 Å². The van der Waals surface area contributed by atoms with Gasteiger partial charge >= 0.3 is 5.97 Å². The molecule has 9 nitrogen and oxygen atoms in total. The fourth-order valence-electron chi connectivity index (χ4n) is 6.84. The summed E-state index contributed by atoms with van der Waals surface area (Å²) in [6.07, 6.45) is 5.61. The summed E-state index contributed by atoms with van der Waals surface area (Å²) in [7, 11) is 0. The Morgan fingerprint density at radius 2 is 1.88 bits per heavy atom. The van der Waals surface area contributed by atoms with Crippen molar-refractivity contribution in [3.63, 3.8) is 0 Å². The zero-order valence-corrected chi connectivity index (χ0v) is 24.1. The van der Waals surface area contributed by atoms with Crippen LogP contribution in [0.4, 0.5) is 8.78 Å². The molecule has 0 spiro atoms. The van der Waals surface area contributed by atoms with E-state index in [0.717, 1.165) is 17.2 Å². The van der Waals surface area contributed by atoms with E-state index in [-0.39, 0.29) is 28.5 Å². The van der Waals surface area contributed by atoms with Crippen LogP contribution in [-0.4, -0.2) is 54.7 Å². The Hall–Kier alpha value is -4.67. The summed E-state index contributed by atoms with van der Waals surface area (Å²) < 4.78 is 32.1. The molecule has 1 saturated carbocycles. The number of halogens is 2. The second-order valence-corrected chi connectivity index (χ2v) is 12.1. The van der Waals surface area contributed by atoms with E-state index in [1.54, 1.807) is 23.0 Å². The van der Waals surface area contributed by atoms with Crippen molar-refractivity contribution in [2.24, 2.45) is 17.3 Å². The summed E-state index contributed by atoms with van der Waals surface area (Å²) in [5, 5.41) is 12.4. The van der Waals surface area contributed by atoms with Gasteiger partial charge in [0.25, 0.3) is 5.91 Å². The Morgan fingerprint density at radius 1 is 1.16 bits per heavy atom. The number of fused-ring (bicyclic) bond motifs is 2. The van der Waals surface area contributed by atoms with Crippen molar-refractivity contribution in [1.29, 1.82) is 0 Å². The molecule has 2 amide bonds. The largest absolute Gasteiger partial charge is 0.481 e. The number of likely N-dealkylation sites (tertiary alicyclic amines) is 1. The molecule has 6 rings (SSSR count). The molecule has 11 heteroatoms. The Balaban J connectivity index is 1.35. The molecule has 1 unspecified atom stereocenters. The first-order valence-corrected chi connectivity index (χ1v) is 14.1. The Bertz CT molecular complexity index is 1750. The fourth-order valence-corrected chi connectivity index (χ4v) is 6.84. The van der Waals surface area contributed by atoms with Crippen LogP contribution in [-0.2, 0) is 9.59 Å². The van der Waals surface area contributed by atoms with E-state index in [0.29, 0.717) is 23.3 Å². The second-order valence-electron chi connectivity index (χ2n) is 12.1. The SMILES string of the molecule is Cc1cccc(C)c1-c1cc(F)c(F)c([C@H](CC(=O)O)NC(=O)[C@@H]2[C@@H]3C(CN2C(=O)c2cn4ccncc4n2)C3(C)C)c1. The quantitative estimate of drug-likeness (QED) is 0.323. The third kappa shape index (κ3) is 4.82. The molecule has 0 bridgehead atoms. The normalized spacial score (nSPS) is 21.0. The number of hydrogen-bond donors (Lipinski definition) is 2. The van der Waals surface area contributed by atoms with E-state index in [1.165, 1.54) is 17.2 Å². The molecule has 1 saturated heterocycles. The highest BCUT2D eigenvalue weighted by Crippen LogP contribution is 2.65. The van der Waals surface area contributed by atoms with Crippen molar-refractivity contribution in [1.82, 2.24) is 24.6 Å². The zero-order valence-electron chi connectivity index (χ0n) is 24.1. The summed E-state index contributed by atoms with van der Waals surface area (Å²) in [5.41, 5.74) is 2.84. The van der Waals surface area contributed by atoms with Gasteiger partial charge in [0.15, 0.2) is 17.3 Å². The van der Waals surface area contributed by atoms with Crippen LogP contribution in [0.1, 0.15) is 53.5 Å². The average molecular weight is 588 g/mol. The first-order valence-electron chi connectivity index (χ1n) is 14.1. The number of amides is 2. The third-order valence-electron chi connectivity index (χ3n) is 9.12. The maximum atomic E-state index is 15.4. The molecule has 4 aromatic rings. The van der Waals surface area contributed by atoms with Gasteiger partial charge in [-0.3, -0.25) is 19.4 Å². The van der Waals surface area contributed by atoms with Crippen molar-refractivity contribution in [2.45, 2.75) is 46.2 Å². The van der Waals surface area contributed by atoms with Gasteiger partial charge < -0.3 is 19.7 Å². The van der Waals surface area contributed by atoms with Gasteiger partial charge in [-0.15, -0.1) is 0 Å². The zero-order chi connectivity index (χ0) is 30.8. The molecule has 4 atom stereocenters. The van der Waals surface area contributed by atoms with E-state index in [1.807, 2.05) is 45.9 Å². The summed E-state index contributed by atoms with van der Waals surface area (Å²) >= 11 is 0. The van der Waals surface area contributed by atoms with Gasteiger partial charge in [0, 0.05) is 30.7 Å². The number of piperidine rings is 1. The minimum Gasteiger partial charge on any atom is -0.481 e. The summed E-state index contributed by atoms with van der Waals surface area (Å²) in [6.45, 7) is 8.03. The highest BCUT2D eigenvalue weighted by atomic mass is 19.2. The number of nitrogens with zero attached hydrogens (tertiary/aromatic N) is 4. The number of aliphatic carboxylic acids is 1. The third-order valence-corrected chi connectivity index (χ3v) is 9.12. The Morgan fingerprint density at radius 3 is 2.56 bits per heavy atom. The van der Waals surface area contributed by atoms with E-state index < -0.39 is 47.9 Å². The maximum Gasteiger partial charge on any atom is 0.305 e. The van der Waals surface area contributed by atoms with Crippen LogP contribution in [0.5, 0.6) is 0 Å². The highest BCUT2D eigenvalue weighted by Gasteiger charge is 2.69. The summed E-state index contributed by atoms with van der Waals surface area (Å²) in [4.78, 5) is 49.4. The second kappa shape index (κ2) is 10.3. The molecule has 2 fully saturated rings. The van der Waals surface area contributed by atoms with Crippen LogP contribution in [0.15, 0.2) is 55.1 Å². The van der Waals surface area contributed by atoms with E-state index in [2.05, 4.69) is 15.3 Å². The lowest BCUT2D eigenvalue weighted by Crippen LogP contribution is -2.50. The number of imidazole rings is 1. The number of nitrogens with one attached hydrogen (secondary N) is 1. The summed E-state index contributed by atoms with van der Waals surface area (Å²) in [6, 6.07) is 5.69. The molecule has 1 aliphatic carbocycles. The van der Waals surface area contributed by atoms with Crippen molar-refractivity contribution < 1.29 is 28.3 Å². The molecule has 2 aliphatic rings. The Kier molecular flexibility index (Phi) is 6.78. The van der Waals surface area contributed by atoms with E-state index >= 15 is 8.78 Å². The number of rotatable bonds is 7. The fraction of sp³-hybridized carbons (Fsp3) is 0.344. The molecular weight excluding hydrogens is 556 g/mol. The van der Waals surface area contributed by atoms with Gasteiger partial charge in [-0.25, -0.2) is 13.8 Å². The lowest BCUT2D eigenvalue weighted by atomic mass is 9.92. The van der Waals surface area contributed by atoms with Crippen LogP contribution in [0.3, 0.4) is 0 Å². The minimum atomic E-state index is -1.39. The van der Waals surface area contributed by atoms with E-state index in [4.69, 9.17) is 0 Å². The monoisotopic (exact) mass is 587 g/mol. The molecule has 2 N–H and O–H groups in total. The van der Waals surface area contributed by atoms with Gasteiger partial charge in [-0.1, -0.05) is 32.0 Å². The maximum absolute atomic E-state index is 15.4.